The highest BCUT2D eigenvalue weighted by atomic mass is 35.5. The molecule has 5 rings (SSSR count). The molecule has 5 aromatic rings. The predicted molar refractivity (Wildman–Crippen MR) is 134 cm³/mol. The Morgan fingerprint density at radius 1 is 0.818 bits per heavy atom. The maximum absolute atomic E-state index is 13.4. The minimum atomic E-state index is -0.221. The Balaban J connectivity index is 1.64. The van der Waals surface area contributed by atoms with Crippen LogP contribution >= 0.6 is 35.0 Å². The van der Waals surface area contributed by atoms with Crippen LogP contribution in [0.15, 0.2) is 81.5 Å². The first-order chi connectivity index (χ1) is 15.9. The summed E-state index contributed by atoms with van der Waals surface area (Å²) in [5.74, 6) is 0.912. The molecule has 0 saturated heterocycles. The fourth-order valence-corrected chi connectivity index (χ4v) is 4.86. The molecule has 2 aromatic heterocycles. The third kappa shape index (κ3) is 4.04. The van der Waals surface area contributed by atoms with E-state index in [2.05, 4.69) is 4.98 Å². The van der Waals surface area contributed by atoms with Crippen LogP contribution in [0.3, 0.4) is 0 Å². The van der Waals surface area contributed by atoms with E-state index in [1.54, 1.807) is 55.6 Å². The lowest BCUT2D eigenvalue weighted by atomic mass is 10.2. The molecule has 0 unspecified atom stereocenters. The van der Waals surface area contributed by atoms with Crippen LogP contribution in [0, 0.1) is 0 Å². The van der Waals surface area contributed by atoms with Gasteiger partial charge in [-0.05, 0) is 54.6 Å². The summed E-state index contributed by atoms with van der Waals surface area (Å²) in [6, 6.07) is 19.2. The van der Waals surface area contributed by atoms with Crippen molar-refractivity contribution >= 4 is 56.8 Å². The van der Waals surface area contributed by atoms with Gasteiger partial charge in [-0.1, -0.05) is 47.1 Å². The van der Waals surface area contributed by atoms with Gasteiger partial charge in [0.1, 0.15) is 5.82 Å². The van der Waals surface area contributed by atoms with Gasteiger partial charge in [-0.15, -0.1) is 0 Å². The van der Waals surface area contributed by atoms with Gasteiger partial charge in [0.25, 0.3) is 11.1 Å². The van der Waals surface area contributed by atoms with Crippen LogP contribution in [0.25, 0.3) is 27.5 Å². The molecule has 33 heavy (non-hydrogen) atoms. The van der Waals surface area contributed by atoms with Crippen LogP contribution in [0.2, 0.25) is 10.0 Å². The number of nitrogens with zero attached hydrogens (tertiary/aromatic N) is 4. The SMILES string of the molecule is Cn1c(CSc2nc3cc(Cl)ccc3c(=O)n2-c2ccc(Cl)cc2)nc2ccccc2c1=O. The topological polar surface area (TPSA) is 69.8 Å². The van der Waals surface area contributed by atoms with Crippen LogP contribution in [0.4, 0.5) is 0 Å². The summed E-state index contributed by atoms with van der Waals surface area (Å²) in [5.41, 5.74) is 1.42. The van der Waals surface area contributed by atoms with Crippen molar-refractivity contribution in [2.45, 2.75) is 10.9 Å². The van der Waals surface area contributed by atoms with Crippen molar-refractivity contribution in [3.8, 4) is 5.69 Å². The zero-order valence-electron chi connectivity index (χ0n) is 17.3. The molecule has 0 aliphatic heterocycles. The third-order valence-electron chi connectivity index (χ3n) is 5.29. The smallest absolute Gasteiger partial charge is 0.266 e. The van der Waals surface area contributed by atoms with Crippen molar-refractivity contribution in [1.29, 1.82) is 0 Å². The van der Waals surface area contributed by atoms with Crippen LogP contribution in [-0.4, -0.2) is 19.1 Å². The molecule has 0 radical (unpaired) electrons. The number of halogens is 2. The van der Waals surface area contributed by atoms with Gasteiger partial charge in [-0.2, -0.15) is 0 Å². The van der Waals surface area contributed by atoms with E-state index in [9.17, 15) is 9.59 Å². The van der Waals surface area contributed by atoms with E-state index in [0.29, 0.717) is 54.3 Å². The molecule has 0 atom stereocenters. The Hall–Kier alpha value is -3.13. The number of fused-ring (bicyclic) bond motifs is 2. The molecule has 164 valence electrons. The molecule has 6 nitrogen and oxygen atoms in total. The summed E-state index contributed by atoms with van der Waals surface area (Å²) in [6.07, 6.45) is 0. The molecule has 2 heterocycles. The van der Waals surface area contributed by atoms with Gasteiger partial charge >= 0.3 is 0 Å². The summed E-state index contributed by atoms with van der Waals surface area (Å²) >= 11 is 13.5. The van der Waals surface area contributed by atoms with Crippen molar-refractivity contribution < 1.29 is 0 Å². The number of aromatic nitrogens is 4. The highest BCUT2D eigenvalue weighted by Gasteiger charge is 2.16. The Kier molecular flexibility index (Phi) is 5.70. The summed E-state index contributed by atoms with van der Waals surface area (Å²) in [6.45, 7) is 0. The van der Waals surface area contributed by atoms with Crippen LogP contribution in [0.1, 0.15) is 5.82 Å². The van der Waals surface area contributed by atoms with E-state index in [-0.39, 0.29) is 11.1 Å². The highest BCUT2D eigenvalue weighted by molar-refractivity contribution is 7.98. The van der Waals surface area contributed by atoms with Gasteiger partial charge in [-0.25, -0.2) is 9.97 Å². The number of benzene rings is 3. The van der Waals surface area contributed by atoms with Gasteiger partial charge in [0.2, 0.25) is 0 Å². The Morgan fingerprint density at radius 3 is 2.30 bits per heavy atom. The Bertz CT molecular complexity index is 1650. The van der Waals surface area contributed by atoms with Gasteiger partial charge in [0.05, 0.1) is 33.2 Å². The first kappa shape index (κ1) is 21.7. The summed E-state index contributed by atoms with van der Waals surface area (Å²) < 4.78 is 3.06. The number of hydrogen-bond donors (Lipinski definition) is 0. The fraction of sp³-hybridized carbons (Fsp3) is 0.0833. The third-order valence-corrected chi connectivity index (χ3v) is 6.71. The van der Waals surface area contributed by atoms with Crippen molar-refractivity contribution in [2.24, 2.45) is 7.05 Å². The second kappa shape index (κ2) is 8.67. The van der Waals surface area contributed by atoms with E-state index in [0.717, 1.165) is 0 Å². The molecule has 0 aliphatic carbocycles. The van der Waals surface area contributed by atoms with Crippen LogP contribution < -0.4 is 11.1 Å². The normalized spacial score (nSPS) is 11.4. The number of hydrogen-bond acceptors (Lipinski definition) is 5. The van der Waals surface area contributed by atoms with Crippen molar-refractivity contribution in [3.05, 3.63) is 103 Å². The average Bonchev–Trinajstić information content (AvgIpc) is 2.81. The first-order valence-electron chi connectivity index (χ1n) is 9.98. The quantitative estimate of drug-likeness (QED) is 0.252. The molecule has 3 aromatic carbocycles. The molecular formula is C24H16Cl2N4O2S. The van der Waals surface area contributed by atoms with Crippen molar-refractivity contribution in [1.82, 2.24) is 19.1 Å². The van der Waals surface area contributed by atoms with Gasteiger partial charge in [0, 0.05) is 17.1 Å². The number of para-hydroxylation sites is 1. The molecule has 0 amide bonds. The predicted octanol–water partition coefficient (Wildman–Crippen LogP) is 5.23. The average molecular weight is 495 g/mol. The second-order valence-corrected chi connectivity index (χ2v) is 9.19. The van der Waals surface area contributed by atoms with Crippen LogP contribution in [-0.2, 0) is 12.8 Å². The Labute approximate surface area is 202 Å². The number of thioether (sulfide) groups is 1. The zero-order valence-corrected chi connectivity index (χ0v) is 19.7. The zero-order chi connectivity index (χ0) is 23.1. The molecule has 0 aliphatic rings. The Morgan fingerprint density at radius 2 is 1.52 bits per heavy atom. The summed E-state index contributed by atoms with van der Waals surface area (Å²) in [5, 5.41) is 2.53. The number of rotatable bonds is 4. The van der Waals surface area contributed by atoms with Crippen LogP contribution in [0.5, 0.6) is 0 Å². The molecule has 0 saturated carbocycles. The largest absolute Gasteiger partial charge is 0.299 e. The van der Waals surface area contributed by atoms with E-state index in [1.165, 1.54) is 20.9 Å². The molecule has 9 heteroatoms. The van der Waals surface area contributed by atoms with Gasteiger partial charge in [-0.3, -0.25) is 18.7 Å². The molecule has 0 N–H and O–H groups in total. The van der Waals surface area contributed by atoms with Gasteiger partial charge in [0.15, 0.2) is 5.16 Å². The lowest BCUT2D eigenvalue weighted by molar-refractivity contribution is 0.779. The molecule has 0 spiro atoms. The first-order valence-corrected chi connectivity index (χ1v) is 11.7. The molecular weight excluding hydrogens is 479 g/mol. The minimum Gasteiger partial charge on any atom is -0.299 e. The van der Waals surface area contributed by atoms with Gasteiger partial charge < -0.3 is 0 Å². The van der Waals surface area contributed by atoms with E-state index < -0.39 is 0 Å². The minimum absolute atomic E-state index is 0.121. The maximum atomic E-state index is 13.4. The standard InChI is InChI=1S/C24H16Cl2N4O2S/c1-29-21(27-19-5-3-2-4-17(19)22(29)31)13-33-24-28-20-12-15(26)8-11-18(20)23(32)30(24)16-9-6-14(25)7-10-16/h2-12H,13H2,1H3. The maximum Gasteiger partial charge on any atom is 0.266 e. The monoisotopic (exact) mass is 494 g/mol. The highest BCUT2D eigenvalue weighted by Crippen LogP contribution is 2.26. The second-order valence-electron chi connectivity index (χ2n) is 7.37. The van der Waals surface area contributed by atoms with Crippen molar-refractivity contribution in [3.63, 3.8) is 0 Å². The molecule has 0 bridgehead atoms. The van der Waals surface area contributed by atoms with E-state index >= 15 is 0 Å². The van der Waals surface area contributed by atoms with E-state index in [4.69, 9.17) is 28.2 Å². The lowest BCUT2D eigenvalue weighted by Gasteiger charge is -2.14. The summed E-state index contributed by atoms with van der Waals surface area (Å²) in [4.78, 5) is 35.5. The lowest BCUT2D eigenvalue weighted by Crippen LogP contribution is -2.23. The van der Waals surface area contributed by atoms with E-state index in [1.807, 2.05) is 18.2 Å². The van der Waals surface area contributed by atoms with Crippen molar-refractivity contribution in [2.75, 3.05) is 0 Å². The molecule has 0 fully saturated rings. The fourth-order valence-electron chi connectivity index (χ4n) is 3.58. The summed E-state index contributed by atoms with van der Waals surface area (Å²) in [7, 11) is 1.69.